The van der Waals surface area contributed by atoms with Crippen molar-refractivity contribution in [3.05, 3.63) is 65.7 Å². The highest BCUT2D eigenvalue weighted by Crippen LogP contribution is 2.48. The zero-order valence-electron chi connectivity index (χ0n) is 20.0. The number of rotatable bonds is 9. The Bertz CT molecular complexity index is 979. The fraction of sp³-hybridized carbons (Fsp3) is 0.462. The Kier molecular flexibility index (Phi) is 8.13. The van der Waals surface area contributed by atoms with Crippen LogP contribution in [0.25, 0.3) is 0 Å². The molecule has 8 heteroatoms. The van der Waals surface area contributed by atoms with Gasteiger partial charge in [-0.05, 0) is 37.1 Å². The number of amides is 2. The van der Waals surface area contributed by atoms with Crippen LogP contribution in [0.2, 0.25) is 0 Å². The van der Waals surface area contributed by atoms with Crippen LogP contribution in [0.15, 0.2) is 54.6 Å². The highest BCUT2D eigenvalue weighted by molar-refractivity contribution is 8.00. The van der Waals surface area contributed by atoms with E-state index in [1.54, 1.807) is 19.0 Å². The van der Waals surface area contributed by atoms with Crippen LogP contribution >= 0.6 is 11.9 Å². The summed E-state index contributed by atoms with van der Waals surface area (Å²) in [5.41, 5.74) is 3.79. The van der Waals surface area contributed by atoms with Crippen LogP contribution in [0.3, 0.4) is 0 Å². The minimum Gasteiger partial charge on any atom is -0.374 e. The van der Waals surface area contributed by atoms with Crippen LogP contribution in [0.5, 0.6) is 0 Å². The molecule has 0 bridgehead atoms. The van der Waals surface area contributed by atoms with E-state index in [4.69, 9.17) is 4.74 Å². The van der Waals surface area contributed by atoms with Crippen molar-refractivity contribution >= 4 is 29.4 Å². The number of carbonyl (C=O) groups is 2. The Morgan fingerprint density at radius 3 is 2.50 bits per heavy atom. The van der Waals surface area contributed by atoms with Crippen molar-refractivity contribution in [2.75, 3.05) is 50.4 Å². The van der Waals surface area contributed by atoms with Gasteiger partial charge in [-0.1, -0.05) is 60.5 Å². The Morgan fingerprint density at radius 1 is 1.09 bits per heavy atom. The molecule has 34 heavy (non-hydrogen) atoms. The lowest BCUT2D eigenvalue weighted by atomic mass is 9.74. The largest absolute Gasteiger partial charge is 0.374 e. The molecule has 2 aromatic carbocycles. The van der Waals surface area contributed by atoms with Crippen molar-refractivity contribution in [1.82, 2.24) is 15.5 Å². The molecule has 0 radical (unpaired) electrons. The summed E-state index contributed by atoms with van der Waals surface area (Å²) in [6.07, 6.45) is 3.94. The average Bonchev–Trinajstić information content (AvgIpc) is 3.17. The predicted octanol–water partition coefficient (Wildman–Crippen LogP) is 2.57. The monoisotopic (exact) mass is 482 g/mol. The van der Waals surface area contributed by atoms with Crippen LogP contribution in [0.4, 0.5) is 5.69 Å². The van der Waals surface area contributed by atoms with E-state index in [2.05, 4.69) is 45.5 Å². The number of piperidine rings is 1. The second-order valence-corrected chi connectivity index (χ2v) is 9.80. The lowest BCUT2D eigenvalue weighted by molar-refractivity contribution is -0.139. The number of nitrogens with zero attached hydrogens (tertiary/aromatic N) is 2. The van der Waals surface area contributed by atoms with Crippen molar-refractivity contribution in [2.24, 2.45) is 0 Å². The lowest BCUT2D eigenvalue weighted by Gasteiger charge is -2.41. The van der Waals surface area contributed by atoms with E-state index in [0.717, 1.165) is 24.9 Å². The van der Waals surface area contributed by atoms with Gasteiger partial charge in [-0.3, -0.25) is 9.59 Å². The highest BCUT2D eigenvalue weighted by atomic mass is 32.2. The van der Waals surface area contributed by atoms with Gasteiger partial charge in [0.1, 0.15) is 6.04 Å². The topological polar surface area (TPSA) is 73.9 Å². The summed E-state index contributed by atoms with van der Waals surface area (Å²) in [5.74, 6) is -0.279. The molecule has 0 aromatic heterocycles. The van der Waals surface area contributed by atoms with Gasteiger partial charge in [0.15, 0.2) is 0 Å². The van der Waals surface area contributed by atoms with Gasteiger partial charge < -0.3 is 24.6 Å². The third kappa shape index (κ3) is 5.40. The number of likely N-dealkylation sites (N-methyl/N-ethyl adjacent to an activating group) is 1. The number of fused-ring (bicyclic) bond motifs is 2. The number of ether oxygens (including phenoxy) is 1. The van der Waals surface area contributed by atoms with E-state index < -0.39 is 6.04 Å². The number of carbonyl (C=O) groups excluding carboxylic acids is 2. The molecular formula is C26H34N4O3S. The maximum absolute atomic E-state index is 13.4. The van der Waals surface area contributed by atoms with Crippen molar-refractivity contribution in [2.45, 2.75) is 30.9 Å². The predicted molar refractivity (Wildman–Crippen MR) is 137 cm³/mol. The first kappa shape index (κ1) is 24.6. The molecule has 7 nitrogen and oxygen atoms in total. The summed E-state index contributed by atoms with van der Waals surface area (Å²) in [4.78, 5) is 27.6. The number of likely N-dealkylation sites (tertiary alicyclic amines) is 1. The Morgan fingerprint density at radius 2 is 1.79 bits per heavy atom. The summed E-state index contributed by atoms with van der Waals surface area (Å²) in [5, 5.41) is 5.71. The first-order valence-corrected chi connectivity index (χ1v) is 13.0. The molecule has 1 fully saturated rings. The standard InChI is InChI=1S/C26H34N4O3S/c1-27-16-24(31)28-22(18-33-17-20-8-4-3-5-9-20)25(32)29-14-12-26(13-15-29)19-30(34-2)23-11-7-6-10-21(23)26/h3-11,22,27H,12-19H2,1-2H3,(H,28,31). The zero-order chi connectivity index (χ0) is 24.0. The molecule has 1 spiro atoms. The highest BCUT2D eigenvalue weighted by Gasteiger charge is 2.45. The molecule has 2 aliphatic rings. The number of benzene rings is 2. The van der Waals surface area contributed by atoms with Crippen molar-refractivity contribution in [3.8, 4) is 0 Å². The maximum atomic E-state index is 13.4. The Hall–Kier alpha value is -2.55. The first-order valence-electron chi connectivity index (χ1n) is 11.8. The van der Waals surface area contributed by atoms with E-state index in [9.17, 15) is 9.59 Å². The van der Waals surface area contributed by atoms with Gasteiger partial charge in [-0.25, -0.2) is 0 Å². The summed E-state index contributed by atoms with van der Waals surface area (Å²) in [6, 6.07) is 17.8. The fourth-order valence-electron chi connectivity index (χ4n) is 5.00. The van der Waals surface area contributed by atoms with Crippen LogP contribution in [-0.4, -0.2) is 68.8 Å². The van der Waals surface area contributed by atoms with Gasteiger partial charge in [0.25, 0.3) is 0 Å². The lowest BCUT2D eigenvalue weighted by Crippen LogP contribution is -2.55. The Balaban J connectivity index is 1.40. The second kappa shape index (κ2) is 11.3. The van der Waals surface area contributed by atoms with E-state index in [1.807, 2.05) is 35.2 Å². The molecule has 2 N–H and O–H groups in total. The van der Waals surface area contributed by atoms with Crippen LogP contribution in [-0.2, 0) is 26.3 Å². The average molecular weight is 483 g/mol. The molecule has 2 aliphatic heterocycles. The van der Waals surface area contributed by atoms with Gasteiger partial charge in [0.05, 0.1) is 25.4 Å². The molecule has 0 saturated carbocycles. The fourth-order valence-corrected chi connectivity index (χ4v) is 5.73. The summed E-state index contributed by atoms with van der Waals surface area (Å²) < 4.78 is 8.22. The third-order valence-corrected chi connectivity index (χ3v) is 7.58. The molecule has 4 rings (SSSR count). The van der Waals surface area contributed by atoms with Crippen LogP contribution < -0.4 is 14.9 Å². The minimum atomic E-state index is -0.697. The van der Waals surface area contributed by atoms with Gasteiger partial charge >= 0.3 is 0 Å². The van der Waals surface area contributed by atoms with Gasteiger partial charge in [-0.15, -0.1) is 0 Å². The number of hydrogen-bond acceptors (Lipinski definition) is 6. The minimum absolute atomic E-state index is 0.0691. The quantitative estimate of drug-likeness (QED) is 0.535. The molecule has 1 saturated heterocycles. The SMILES string of the molecule is CNCC(=O)NC(COCc1ccccc1)C(=O)N1CCC2(CC1)CN(SC)c1ccccc12. The molecule has 1 unspecified atom stereocenters. The number of anilines is 1. The summed E-state index contributed by atoms with van der Waals surface area (Å²) in [7, 11) is 1.71. The third-order valence-electron chi connectivity index (χ3n) is 6.81. The molecular weight excluding hydrogens is 448 g/mol. The summed E-state index contributed by atoms with van der Waals surface area (Å²) in [6.45, 7) is 3.02. The van der Waals surface area contributed by atoms with E-state index in [0.29, 0.717) is 19.7 Å². The van der Waals surface area contributed by atoms with Crippen LogP contribution in [0.1, 0.15) is 24.0 Å². The van der Waals surface area contributed by atoms with Crippen molar-refractivity contribution in [3.63, 3.8) is 0 Å². The molecule has 182 valence electrons. The number of para-hydroxylation sites is 1. The first-order chi connectivity index (χ1) is 16.6. The van der Waals surface area contributed by atoms with Gasteiger partial charge in [0.2, 0.25) is 11.8 Å². The van der Waals surface area contributed by atoms with Crippen molar-refractivity contribution in [1.29, 1.82) is 0 Å². The maximum Gasteiger partial charge on any atom is 0.247 e. The molecule has 1 atom stereocenters. The van der Waals surface area contributed by atoms with E-state index in [1.165, 1.54) is 11.3 Å². The number of nitrogens with one attached hydrogen (secondary N) is 2. The molecule has 2 heterocycles. The number of hydrogen-bond donors (Lipinski definition) is 2. The molecule has 2 amide bonds. The Labute approximate surface area is 206 Å². The van der Waals surface area contributed by atoms with Gasteiger partial charge in [-0.2, -0.15) is 0 Å². The second-order valence-electron chi connectivity index (χ2n) is 8.99. The summed E-state index contributed by atoms with van der Waals surface area (Å²) >= 11 is 1.76. The zero-order valence-corrected chi connectivity index (χ0v) is 20.8. The van der Waals surface area contributed by atoms with Crippen LogP contribution in [0, 0.1) is 0 Å². The van der Waals surface area contributed by atoms with Crippen molar-refractivity contribution < 1.29 is 14.3 Å². The van der Waals surface area contributed by atoms with E-state index >= 15 is 0 Å². The molecule has 2 aromatic rings. The smallest absolute Gasteiger partial charge is 0.247 e. The van der Waals surface area contributed by atoms with E-state index in [-0.39, 0.29) is 30.4 Å². The normalized spacial score (nSPS) is 17.5. The molecule has 0 aliphatic carbocycles. The van der Waals surface area contributed by atoms with Gasteiger partial charge in [0, 0.05) is 31.3 Å².